The number of nitro benzene ring substituents is 1. The van der Waals surface area contributed by atoms with Gasteiger partial charge in [0.05, 0.1) is 29.4 Å². The van der Waals surface area contributed by atoms with Gasteiger partial charge >= 0.3 is 11.9 Å². The molecular weight excluding hydrogens is 628 g/mol. The van der Waals surface area contributed by atoms with Crippen molar-refractivity contribution in [3.8, 4) is 22.9 Å². The lowest BCUT2D eigenvalue weighted by Crippen LogP contribution is -2.31. The van der Waals surface area contributed by atoms with Crippen LogP contribution >= 0.6 is 0 Å². The molecule has 0 saturated carbocycles. The highest BCUT2D eigenvalue weighted by molar-refractivity contribution is 5.71. The van der Waals surface area contributed by atoms with Gasteiger partial charge in [0.25, 0.3) is 5.69 Å². The first-order chi connectivity index (χ1) is 23.7. The van der Waals surface area contributed by atoms with E-state index in [0.717, 1.165) is 27.9 Å². The first-order valence-electron chi connectivity index (χ1n) is 15.2. The molecule has 13 nitrogen and oxygen atoms in total. The molecule has 4 aromatic carbocycles. The second-order valence-corrected chi connectivity index (χ2v) is 10.6. The number of nitrogens with zero attached hydrogens (tertiary/aromatic N) is 6. The SMILES string of the molecule is CC(=O)OCCN(CCOC(C)=O)c1ccc(N=Nc2ccc(-c3nnc(-c4ccc(/C=C/c5ccc([N+](=O)[O-])cc5)cc4)o3)cc2)cc1. The molecule has 49 heavy (non-hydrogen) atoms. The zero-order chi connectivity index (χ0) is 34.6. The molecule has 248 valence electrons. The predicted octanol–water partition coefficient (Wildman–Crippen LogP) is 7.83. The van der Waals surface area contributed by atoms with Gasteiger partial charge < -0.3 is 18.8 Å². The molecular formula is C36H32N6O7. The number of esters is 2. The Bertz CT molecular complexity index is 1920. The first-order valence-corrected chi connectivity index (χ1v) is 15.2. The third-order valence-electron chi connectivity index (χ3n) is 7.10. The van der Waals surface area contributed by atoms with Gasteiger partial charge in [0.2, 0.25) is 11.8 Å². The second kappa shape index (κ2) is 16.4. The second-order valence-electron chi connectivity index (χ2n) is 10.6. The average molecular weight is 661 g/mol. The Morgan fingerprint density at radius 2 is 1.14 bits per heavy atom. The molecule has 0 aliphatic rings. The molecule has 0 unspecified atom stereocenters. The fourth-order valence-electron chi connectivity index (χ4n) is 4.58. The summed E-state index contributed by atoms with van der Waals surface area (Å²) in [5.41, 5.74) is 5.47. The summed E-state index contributed by atoms with van der Waals surface area (Å²) in [7, 11) is 0. The van der Waals surface area contributed by atoms with Crippen molar-refractivity contribution in [3.63, 3.8) is 0 Å². The highest BCUT2D eigenvalue weighted by Crippen LogP contribution is 2.27. The first kappa shape index (κ1) is 33.9. The topological polar surface area (TPSA) is 163 Å². The van der Waals surface area contributed by atoms with Crippen molar-refractivity contribution in [1.82, 2.24) is 10.2 Å². The monoisotopic (exact) mass is 660 g/mol. The summed E-state index contributed by atoms with van der Waals surface area (Å²) in [4.78, 5) is 34.7. The number of anilines is 1. The minimum absolute atomic E-state index is 0.0520. The Hall–Kier alpha value is -6.50. The molecule has 0 saturated heterocycles. The minimum atomic E-state index is -0.424. The zero-order valence-electron chi connectivity index (χ0n) is 26.8. The van der Waals surface area contributed by atoms with E-state index in [1.165, 1.54) is 26.0 Å². The molecule has 0 N–H and O–H groups in total. The third kappa shape index (κ3) is 9.99. The molecule has 5 rings (SSSR count). The van der Waals surface area contributed by atoms with Gasteiger partial charge in [-0.1, -0.05) is 24.3 Å². The van der Waals surface area contributed by atoms with Gasteiger partial charge in [0.1, 0.15) is 13.2 Å². The van der Waals surface area contributed by atoms with Gasteiger partial charge in [0, 0.05) is 42.8 Å². The lowest BCUT2D eigenvalue weighted by Gasteiger charge is -2.24. The summed E-state index contributed by atoms with van der Waals surface area (Å²) in [6.07, 6.45) is 3.80. The Balaban J connectivity index is 1.17. The number of carbonyl (C=O) groups excluding carboxylic acids is 2. The average Bonchev–Trinajstić information content (AvgIpc) is 3.60. The minimum Gasteiger partial charge on any atom is -0.464 e. The largest absolute Gasteiger partial charge is 0.464 e. The van der Waals surface area contributed by atoms with Crippen LogP contribution in [-0.2, 0) is 19.1 Å². The number of hydrogen-bond acceptors (Lipinski definition) is 12. The maximum absolute atomic E-state index is 11.2. The molecule has 0 aliphatic carbocycles. The van der Waals surface area contributed by atoms with E-state index in [1.807, 2.05) is 77.7 Å². The highest BCUT2D eigenvalue weighted by Gasteiger charge is 2.12. The van der Waals surface area contributed by atoms with E-state index < -0.39 is 4.92 Å². The van der Waals surface area contributed by atoms with Crippen molar-refractivity contribution >= 4 is 46.8 Å². The number of azo groups is 1. The van der Waals surface area contributed by atoms with E-state index >= 15 is 0 Å². The van der Waals surface area contributed by atoms with Crippen LogP contribution in [0.4, 0.5) is 22.7 Å². The smallest absolute Gasteiger partial charge is 0.302 e. The standard InChI is InChI=1S/C36H32N6O7/c1-25(43)47-23-21-41(22-24-48-26(2)44)33-19-15-32(16-20-33)38-37-31-13-11-30(12-14-31)36-40-39-35(49-36)29-9-5-27(6-10-29)3-4-28-7-17-34(18-8-28)42(45)46/h3-20H,21-24H2,1-2H3/b4-3+,38-37?. The van der Waals surface area contributed by atoms with E-state index in [-0.39, 0.29) is 30.8 Å². The predicted molar refractivity (Wildman–Crippen MR) is 183 cm³/mol. The van der Waals surface area contributed by atoms with E-state index in [2.05, 4.69) is 20.4 Å². The summed E-state index contributed by atoms with van der Waals surface area (Å²) in [5, 5.41) is 27.9. The van der Waals surface area contributed by atoms with Crippen LogP contribution in [0.1, 0.15) is 25.0 Å². The molecule has 0 aliphatic heterocycles. The van der Waals surface area contributed by atoms with Gasteiger partial charge in [-0.05, 0) is 83.9 Å². The Labute approximate surface area is 281 Å². The van der Waals surface area contributed by atoms with Crippen LogP contribution in [-0.4, -0.2) is 53.4 Å². The number of nitro groups is 1. The van der Waals surface area contributed by atoms with Gasteiger partial charge in [-0.2, -0.15) is 10.2 Å². The van der Waals surface area contributed by atoms with Crippen molar-refractivity contribution in [3.05, 3.63) is 118 Å². The van der Waals surface area contributed by atoms with Crippen LogP contribution in [0.3, 0.4) is 0 Å². The molecule has 0 atom stereocenters. The third-order valence-corrected chi connectivity index (χ3v) is 7.10. The molecule has 0 bridgehead atoms. The van der Waals surface area contributed by atoms with Crippen LogP contribution in [0.5, 0.6) is 0 Å². The lowest BCUT2D eigenvalue weighted by atomic mass is 10.1. The summed E-state index contributed by atoms with van der Waals surface area (Å²) >= 11 is 0. The number of hydrogen-bond donors (Lipinski definition) is 0. The van der Waals surface area contributed by atoms with Crippen molar-refractivity contribution in [2.75, 3.05) is 31.2 Å². The number of benzene rings is 4. The number of ether oxygens (including phenoxy) is 2. The number of non-ortho nitro benzene ring substituents is 1. The highest BCUT2D eigenvalue weighted by atomic mass is 16.6. The van der Waals surface area contributed by atoms with E-state index in [4.69, 9.17) is 13.9 Å². The Morgan fingerprint density at radius 3 is 1.59 bits per heavy atom. The fraction of sp³-hybridized carbons (Fsp3) is 0.167. The number of carbonyl (C=O) groups is 2. The fourth-order valence-corrected chi connectivity index (χ4v) is 4.58. The maximum Gasteiger partial charge on any atom is 0.302 e. The maximum atomic E-state index is 11.2. The van der Waals surface area contributed by atoms with Gasteiger partial charge in [-0.15, -0.1) is 10.2 Å². The van der Waals surface area contributed by atoms with Crippen molar-refractivity contribution in [2.24, 2.45) is 10.2 Å². The lowest BCUT2D eigenvalue weighted by molar-refractivity contribution is -0.384. The zero-order valence-corrected chi connectivity index (χ0v) is 26.8. The normalized spacial score (nSPS) is 11.1. The quantitative estimate of drug-likeness (QED) is 0.0377. The summed E-state index contributed by atoms with van der Waals surface area (Å²) in [6.45, 7) is 4.00. The van der Waals surface area contributed by atoms with Crippen LogP contribution in [0.15, 0.2) is 112 Å². The van der Waals surface area contributed by atoms with Crippen molar-refractivity contribution in [2.45, 2.75) is 13.8 Å². The molecule has 0 spiro atoms. The van der Waals surface area contributed by atoms with Crippen LogP contribution < -0.4 is 4.90 Å². The Morgan fingerprint density at radius 1 is 0.714 bits per heavy atom. The molecule has 1 heterocycles. The van der Waals surface area contributed by atoms with Gasteiger partial charge in [-0.3, -0.25) is 19.7 Å². The van der Waals surface area contributed by atoms with Crippen LogP contribution in [0.2, 0.25) is 0 Å². The summed E-state index contributed by atoms with van der Waals surface area (Å²) < 4.78 is 16.1. The Kier molecular flexibility index (Phi) is 11.3. The summed E-state index contributed by atoms with van der Waals surface area (Å²) in [6, 6.07) is 28.6. The van der Waals surface area contributed by atoms with Gasteiger partial charge in [0.15, 0.2) is 0 Å². The number of aromatic nitrogens is 2. The molecule has 0 radical (unpaired) electrons. The summed E-state index contributed by atoms with van der Waals surface area (Å²) in [5.74, 6) is 0.0245. The molecule has 13 heteroatoms. The molecule has 0 fully saturated rings. The molecule has 0 amide bonds. The van der Waals surface area contributed by atoms with Crippen molar-refractivity contribution in [1.29, 1.82) is 0 Å². The molecule has 5 aromatic rings. The van der Waals surface area contributed by atoms with Crippen molar-refractivity contribution < 1.29 is 28.4 Å². The van der Waals surface area contributed by atoms with E-state index in [1.54, 1.807) is 24.3 Å². The van der Waals surface area contributed by atoms with E-state index in [9.17, 15) is 19.7 Å². The van der Waals surface area contributed by atoms with E-state index in [0.29, 0.717) is 36.2 Å². The van der Waals surface area contributed by atoms with Crippen LogP contribution in [0.25, 0.3) is 35.1 Å². The molecule has 1 aromatic heterocycles. The van der Waals surface area contributed by atoms with Crippen LogP contribution in [0, 0.1) is 10.1 Å². The number of rotatable bonds is 14. The van der Waals surface area contributed by atoms with Gasteiger partial charge in [-0.25, -0.2) is 0 Å².